The monoisotopic (exact) mass is 288 g/mol. The number of aromatic nitrogens is 3. The predicted octanol–water partition coefficient (Wildman–Crippen LogP) is 1.97. The predicted molar refractivity (Wildman–Crippen MR) is 83.6 cm³/mol. The van der Waals surface area contributed by atoms with E-state index >= 15 is 0 Å². The van der Waals surface area contributed by atoms with Gasteiger partial charge in [0.05, 0.1) is 5.69 Å². The first-order valence-corrected chi connectivity index (χ1v) is 7.94. The fraction of sp³-hybridized carbons (Fsp3) is 0.625. The van der Waals surface area contributed by atoms with Crippen LogP contribution in [-0.4, -0.2) is 26.8 Å². The molecule has 2 aromatic rings. The van der Waals surface area contributed by atoms with Crippen LogP contribution in [0.2, 0.25) is 0 Å². The van der Waals surface area contributed by atoms with Gasteiger partial charge in [0.2, 0.25) is 0 Å². The number of nitrogens with zero attached hydrogens (tertiary/aromatic N) is 3. The fourth-order valence-electron chi connectivity index (χ4n) is 3.31. The minimum atomic E-state index is 0.0385. The molecular weight excluding hydrogens is 264 g/mol. The molecule has 2 atom stereocenters. The van der Waals surface area contributed by atoms with Crippen LogP contribution < -0.4 is 10.9 Å². The number of nitrogens with one attached hydrogen (secondary N) is 1. The van der Waals surface area contributed by atoms with Crippen molar-refractivity contribution < 1.29 is 0 Å². The van der Waals surface area contributed by atoms with Gasteiger partial charge in [0.25, 0.3) is 5.56 Å². The van der Waals surface area contributed by atoms with Gasteiger partial charge in [-0.1, -0.05) is 19.8 Å². The molecule has 0 spiro atoms. The molecule has 0 radical (unpaired) electrons. The third-order valence-electron chi connectivity index (χ3n) is 4.60. The molecule has 0 aliphatic heterocycles. The second-order valence-corrected chi connectivity index (χ2v) is 6.23. The Morgan fingerprint density at radius 2 is 2.14 bits per heavy atom. The van der Waals surface area contributed by atoms with Crippen molar-refractivity contribution in [2.75, 3.05) is 6.54 Å². The van der Waals surface area contributed by atoms with E-state index in [2.05, 4.69) is 17.3 Å². The molecule has 1 saturated carbocycles. The Morgan fingerprint density at radius 1 is 1.33 bits per heavy atom. The summed E-state index contributed by atoms with van der Waals surface area (Å²) < 4.78 is 3.43. The van der Waals surface area contributed by atoms with Gasteiger partial charge in [-0.2, -0.15) is 5.10 Å². The van der Waals surface area contributed by atoms with Gasteiger partial charge in [-0.15, -0.1) is 0 Å². The molecule has 1 N–H and O–H groups in total. The van der Waals surface area contributed by atoms with Gasteiger partial charge >= 0.3 is 0 Å². The Bertz CT molecular complexity index is 672. The molecule has 1 aliphatic carbocycles. The second kappa shape index (κ2) is 6.02. The van der Waals surface area contributed by atoms with Crippen molar-refractivity contribution in [2.45, 2.75) is 52.1 Å². The fourth-order valence-corrected chi connectivity index (χ4v) is 3.31. The average Bonchev–Trinajstić information content (AvgIpc) is 2.85. The quantitative estimate of drug-likeness (QED) is 0.936. The lowest BCUT2D eigenvalue weighted by Crippen LogP contribution is -2.39. The lowest BCUT2D eigenvalue weighted by atomic mass is 9.86. The molecule has 5 nitrogen and oxygen atoms in total. The molecule has 1 aliphatic rings. The van der Waals surface area contributed by atoms with Gasteiger partial charge in [0.1, 0.15) is 5.52 Å². The second-order valence-electron chi connectivity index (χ2n) is 6.23. The minimum absolute atomic E-state index is 0.0385. The number of hydrogen-bond acceptors (Lipinski definition) is 3. The van der Waals surface area contributed by atoms with Crippen LogP contribution in [-0.2, 0) is 6.54 Å². The van der Waals surface area contributed by atoms with Crippen LogP contribution >= 0.6 is 0 Å². The molecule has 0 aromatic carbocycles. The van der Waals surface area contributed by atoms with Crippen molar-refractivity contribution in [3.63, 3.8) is 0 Å². The first-order valence-electron chi connectivity index (χ1n) is 7.94. The van der Waals surface area contributed by atoms with Crippen LogP contribution in [0.1, 0.15) is 38.3 Å². The van der Waals surface area contributed by atoms with E-state index < -0.39 is 0 Å². The van der Waals surface area contributed by atoms with E-state index in [4.69, 9.17) is 0 Å². The van der Waals surface area contributed by atoms with Crippen molar-refractivity contribution in [1.29, 1.82) is 0 Å². The molecule has 2 unspecified atom stereocenters. The summed E-state index contributed by atoms with van der Waals surface area (Å²) in [6.45, 7) is 5.79. The molecular formula is C16H24N4O. The molecule has 114 valence electrons. The van der Waals surface area contributed by atoms with Crippen molar-refractivity contribution in [3.05, 3.63) is 34.5 Å². The van der Waals surface area contributed by atoms with Crippen molar-refractivity contribution in [2.24, 2.45) is 5.92 Å². The molecule has 3 rings (SSSR count). The van der Waals surface area contributed by atoms with E-state index in [1.54, 1.807) is 9.08 Å². The van der Waals surface area contributed by atoms with Gasteiger partial charge in [-0.05, 0) is 31.7 Å². The van der Waals surface area contributed by atoms with Gasteiger partial charge in [-0.3, -0.25) is 4.79 Å². The van der Waals surface area contributed by atoms with Gasteiger partial charge in [0.15, 0.2) is 0 Å². The zero-order valence-electron chi connectivity index (χ0n) is 12.9. The largest absolute Gasteiger partial charge is 0.312 e. The van der Waals surface area contributed by atoms with Crippen LogP contribution in [0.5, 0.6) is 0 Å². The molecule has 21 heavy (non-hydrogen) atoms. The Morgan fingerprint density at radius 3 is 2.95 bits per heavy atom. The summed E-state index contributed by atoms with van der Waals surface area (Å²) in [6, 6.07) is 2.45. The van der Waals surface area contributed by atoms with E-state index in [9.17, 15) is 4.79 Å². The summed E-state index contributed by atoms with van der Waals surface area (Å²) in [5.41, 5.74) is 1.57. The summed E-state index contributed by atoms with van der Waals surface area (Å²) in [5.74, 6) is 0.746. The summed E-state index contributed by atoms with van der Waals surface area (Å²) in [5, 5.41) is 7.88. The average molecular weight is 288 g/mol. The van der Waals surface area contributed by atoms with E-state index in [-0.39, 0.29) is 5.56 Å². The molecule has 0 bridgehead atoms. The van der Waals surface area contributed by atoms with Crippen molar-refractivity contribution in [1.82, 2.24) is 19.5 Å². The third kappa shape index (κ3) is 3.02. The topological polar surface area (TPSA) is 51.3 Å². The van der Waals surface area contributed by atoms with Crippen LogP contribution in [0.3, 0.4) is 0 Å². The number of fused-ring (bicyclic) bond motifs is 1. The van der Waals surface area contributed by atoms with Crippen LogP contribution in [0.4, 0.5) is 0 Å². The highest BCUT2D eigenvalue weighted by atomic mass is 16.1. The van der Waals surface area contributed by atoms with Gasteiger partial charge < -0.3 is 9.88 Å². The Hall–Kier alpha value is -1.62. The highest BCUT2D eigenvalue weighted by Gasteiger charge is 2.20. The normalized spacial score (nSPS) is 22.8. The Labute approximate surface area is 125 Å². The van der Waals surface area contributed by atoms with Crippen LogP contribution in [0, 0.1) is 12.8 Å². The molecule has 0 amide bonds. The third-order valence-corrected chi connectivity index (χ3v) is 4.60. The maximum absolute atomic E-state index is 12.4. The molecule has 2 aromatic heterocycles. The van der Waals surface area contributed by atoms with Gasteiger partial charge in [0, 0.05) is 31.5 Å². The zero-order chi connectivity index (χ0) is 14.8. The molecule has 1 fully saturated rings. The van der Waals surface area contributed by atoms with Crippen LogP contribution in [0.15, 0.2) is 23.3 Å². The smallest absolute Gasteiger partial charge is 0.276 e. The summed E-state index contributed by atoms with van der Waals surface area (Å²) in [4.78, 5) is 12.4. The Kier molecular flexibility index (Phi) is 4.10. The van der Waals surface area contributed by atoms with Crippen LogP contribution in [0.25, 0.3) is 5.52 Å². The molecule has 0 saturated heterocycles. The van der Waals surface area contributed by atoms with E-state index in [1.807, 2.05) is 25.4 Å². The SMILES string of the molecule is Cc1cc2c(=O)n(CCNC3CCCCC3C)ccn2n1. The van der Waals surface area contributed by atoms with Gasteiger partial charge in [-0.25, -0.2) is 4.52 Å². The lowest BCUT2D eigenvalue weighted by Gasteiger charge is -2.29. The van der Waals surface area contributed by atoms with Crippen molar-refractivity contribution >= 4 is 5.52 Å². The highest BCUT2D eigenvalue weighted by Crippen LogP contribution is 2.23. The highest BCUT2D eigenvalue weighted by molar-refractivity contribution is 5.44. The van der Waals surface area contributed by atoms with Crippen molar-refractivity contribution in [3.8, 4) is 0 Å². The molecule has 5 heteroatoms. The van der Waals surface area contributed by atoms with E-state index in [0.717, 1.165) is 18.2 Å². The number of hydrogen-bond donors (Lipinski definition) is 1. The summed E-state index contributed by atoms with van der Waals surface area (Å²) >= 11 is 0. The minimum Gasteiger partial charge on any atom is -0.312 e. The number of rotatable bonds is 4. The summed E-state index contributed by atoms with van der Waals surface area (Å²) in [6.07, 6.45) is 8.94. The lowest BCUT2D eigenvalue weighted by molar-refractivity contribution is 0.278. The first kappa shape index (κ1) is 14.3. The van der Waals surface area contributed by atoms with E-state index in [1.165, 1.54) is 25.7 Å². The maximum atomic E-state index is 12.4. The van der Waals surface area contributed by atoms with E-state index in [0.29, 0.717) is 18.1 Å². The Balaban J connectivity index is 1.65. The first-order chi connectivity index (χ1) is 10.1. The summed E-state index contributed by atoms with van der Waals surface area (Å²) in [7, 11) is 0. The maximum Gasteiger partial charge on any atom is 0.276 e. The molecule has 2 heterocycles. The standard InChI is InChI=1S/C16H24N4O/c1-12-5-3-4-6-14(12)17-7-8-19-9-10-20-15(16(19)21)11-13(2)18-20/h9-12,14,17H,3-8H2,1-2H3. The number of aryl methyl sites for hydroxylation is 1. The zero-order valence-corrected chi connectivity index (χ0v) is 12.9.